The van der Waals surface area contributed by atoms with Gasteiger partial charge in [-0.3, -0.25) is 0 Å². The number of ether oxygens (including phenoxy) is 2. The van der Waals surface area contributed by atoms with E-state index in [1.165, 1.54) is 37.4 Å². The van der Waals surface area contributed by atoms with Crippen LogP contribution in [0.25, 0.3) is 16.8 Å². The van der Waals surface area contributed by atoms with E-state index in [1.54, 1.807) is 0 Å². The lowest BCUT2D eigenvalue weighted by Crippen LogP contribution is -2.42. The molecule has 0 saturated carbocycles. The fourth-order valence-corrected chi connectivity index (χ4v) is 6.08. The van der Waals surface area contributed by atoms with Crippen LogP contribution in [0.4, 0.5) is 5.69 Å². The summed E-state index contributed by atoms with van der Waals surface area (Å²) < 4.78 is 35.9. The van der Waals surface area contributed by atoms with Crippen LogP contribution < -0.4 is 4.90 Å². The van der Waals surface area contributed by atoms with Crippen LogP contribution in [0.2, 0.25) is 0 Å². The van der Waals surface area contributed by atoms with Gasteiger partial charge in [-0.2, -0.15) is 5.26 Å². The number of hydrogen-bond donors (Lipinski definition) is 1. The summed E-state index contributed by atoms with van der Waals surface area (Å²) in [6.07, 6.45) is 6.55. The van der Waals surface area contributed by atoms with Crippen molar-refractivity contribution in [3.05, 3.63) is 46.9 Å². The van der Waals surface area contributed by atoms with Crippen molar-refractivity contribution >= 4 is 32.4 Å². The second-order valence-corrected chi connectivity index (χ2v) is 11.9. The molecule has 8 heteroatoms. The molecule has 37 heavy (non-hydrogen) atoms. The van der Waals surface area contributed by atoms with E-state index in [-0.39, 0.29) is 36.9 Å². The van der Waals surface area contributed by atoms with E-state index >= 15 is 0 Å². The monoisotopic (exact) mass is 528 g/mol. The van der Waals surface area contributed by atoms with Gasteiger partial charge in [0.15, 0.2) is 9.84 Å². The summed E-state index contributed by atoms with van der Waals surface area (Å²) in [6, 6.07) is 14.7. The molecule has 0 radical (unpaired) electrons. The topological polar surface area (TPSA) is 99.9 Å². The lowest BCUT2D eigenvalue weighted by molar-refractivity contribution is 0.0335. The normalized spacial score (nSPS) is 18.8. The molecule has 2 unspecified atom stereocenters. The highest BCUT2D eigenvalue weighted by Crippen LogP contribution is 2.32. The zero-order valence-electron chi connectivity index (χ0n) is 22.1. The average Bonchev–Trinajstić information content (AvgIpc) is 2.88. The molecule has 0 aromatic heterocycles. The van der Waals surface area contributed by atoms with Gasteiger partial charge in [0.1, 0.15) is 11.0 Å². The molecule has 1 N–H and O–H groups in total. The fraction of sp³-hybridized carbons (Fsp3) is 0.552. The van der Waals surface area contributed by atoms with E-state index in [2.05, 4.69) is 36.9 Å². The predicted molar refractivity (Wildman–Crippen MR) is 149 cm³/mol. The number of aliphatic hydroxyl groups excluding tert-OH is 1. The predicted octanol–water partition coefficient (Wildman–Crippen LogP) is 4.94. The van der Waals surface area contributed by atoms with Crippen LogP contribution in [0.3, 0.4) is 0 Å². The molecular formula is C29H40N2O5S. The van der Waals surface area contributed by atoms with Crippen LogP contribution in [0.1, 0.15) is 51.5 Å². The van der Waals surface area contributed by atoms with Crippen LogP contribution in [0, 0.1) is 17.2 Å². The first kappa shape index (κ1) is 29.1. The quantitative estimate of drug-likeness (QED) is 0.274. The van der Waals surface area contributed by atoms with Crippen molar-refractivity contribution in [2.24, 2.45) is 5.92 Å². The lowest BCUT2D eigenvalue weighted by atomic mass is 9.89. The Labute approximate surface area is 221 Å². The van der Waals surface area contributed by atoms with Gasteiger partial charge in [-0.15, -0.1) is 0 Å². The number of nitrogens with zero attached hydrogens (tertiary/aromatic N) is 2. The molecule has 7 nitrogen and oxygen atoms in total. The van der Waals surface area contributed by atoms with Crippen molar-refractivity contribution in [1.29, 1.82) is 5.26 Å². The van der Waals surface area contributed by atoms with Crippen molar-refractivity contribution in [3.63, 3.8) is 0 Å². The molecule has 0 spiro atoms. The minimum atomic E-state index is -3.71. The molecular weight excluding hydrogens is 488 g/mol. The smallest absolute Gasteiger partial charge is 0.188 e. The molecule has 202 valence electrons. The molecule has 1 aliphatic heterocycles. The number of benzene rings is 2. The van der Waals surface area contributed by atoms with Gasteiger partial charge in [-0.1, -0.05) is 38.5 Å². The van der Waals surface area contributed by atoms with Crippen molar-refractivity contribution in [2.75, 3.05) is 50.2 Å². The lowest BCUT2D eigenvalue weighted by Gasteiger charge is -2.40. The standard InChI is InChI=1S/C29H40N2O5S/c1-3-5-27-18-23(2)10-11-31(27)28-9-8-25-19-24(6-7-26(25)21-28)20-29(22-30)37(33,34)17-4-13-35-15-16-36-14-12-32/h6-9,19-21,23,27,32H,3-5,10-18H2,1-2H3/b29-20+. The molecule has 2 aromatic rings. The number of anilines is 1. The van der Waals surface area contributed by atoms with Gasteiger partial charge in [-0.05, 0) is 72.2 Å². The minimum absolute atomic E-state index is 0.0444. The third kappa shape index (κ3) is 8.54. The third-order valence-corrected chi connectivity index (χ3v) is 8.54. The molecule has 1 fully saturated rings. The highest BCUT2D eigenvalue weighted by molar-refractivity contribution is 7.95. The maximum atomic E-state index is 12.7. The van der Waals surface area contributed by atoms with Gasteiger partial charge >= 0.3 is 0 Å². The maximum absolute atomic E-state index is 12.7. The minimum Gasteiger partial charge on any atom is -0.394 e. The number of piperidine rings is 1. The van der Waals surface area contributed by atoms with Gasteiger partial charge < -0.3 is 19.5 Å². The van der Waals surface area contributed by atoms with Crippen molar-refractivity contribution in [2.45, 2.75) is 52.0 Å². The molecule has 0 amide bonds. The fourth-order valence-electron chi connectivity index (χ4n) is 4.91. The highest BCUT2D eigenvalue weighted by Gasteiger charge is 2.26. The Balaban J connectivity index is 1.66. The zero-order valence-corrected chi connectivity index (χ0v) is 22.9. The molecule has 3 rings (SSSR count). The summed E-state index contributed by atoms with van der Waals surface area (Å²) in [5, 5.41) is 20.3. The largest absolute Gasteiger partial charge is 0.394 e. The number of sulfone groups is 1. The summed E-state index contributed by atoms with van der Waals surface area (Å²) >= 11 is 0. The first-order valence-electron chi connectivity index (χ1n) is 13.3. The second-order valence-electron chi connectivity index (χ2n) is 9.80. The van der Waals surface area contributed by atoms with Crippen LogP contribution in [-0.4, -0.2) is 64.9 Å². The molecule has 2 aromatic carbocycles. The second kappa shape index (κ2) is 14.5. The number of rotatable bonds is 14. The van der Waals surface area contributed by atoms with Crippen LogP contribution >= 0.6 is 0 Å². The van der Waals surface area contributed by atoms with E-state index in [1.807, 2.05) is 24.3 Å². The van der Waals surface area contributed by atoms with Gasteiger partial charge in [0.25, 0.3) is 0 Å². The number of allylic oxidation sites excluding steroid dienone is 1. The first-order valence-corrected chi connectivity index (χ1v) is 14.9. The Kier molecular flexibility index (Phi) is 11.4. The first-order chi connectivity index (χ1) is 17.9. The average molecular weight is 529 g/mol. The molecule has 1 saturated heterocycles. The summed E-state index contributed by atoms with van der Waals surface area (Å²) in [6.45, 7) is 6.80. The van der Waals surface area contributed by atoms with Crippen LogP contribution in [-0.2, 0) is 19.3 Å². The Bertz CT molecular complexity index is 1190. The summed E-state index contributed by atoms with van der Waals surface area (Å²) in [5.41, 5.74) is 1.93. The molecule has 2 atom stereocenters. The Hall–Kier alpha value is -2.44. The molecule has 1 aliphatic rings. The van der Waals surface area contributed by atoms with Crippen LogP contribution in [0.15, 0.2) is 41.3 Å². The van der Waals surface area contributed by atoms with E-state index in [0.29, 0.717) is 24.8 Å². The summed E-state index contributed by atoms with van der Waals surface area (Å²) in [7, 11) is -3.71. The third-order valence-electron chi connectivity index (χ3n) is 6.83. The van der Waals surface area contributed by atoms with Gasteiger partial charge in [-0.25, -0.2) is 8.42 Å². The van der Waals surface area contributed by atoms with E-state index in [4.69, 9.17) is 14.6 Å². The van der Waals surface area contributed by atoms with Gasteiger partial charge in [0.05, 0.1) is 32.2 Å². The van der Waals surface area contributed by atoms with Crippen molar-refractivity contribution < 1.29 is 23.0 Å². The van der Waals surface area contributed by atoms with E-state index < -0.39 is 9.84 Å². The van der Waals surface area contributed by atoms with Crippen LogP contribution in [0.5, 0.6) is 0 Å². The summed E-state index contributed by atoms with van der Waals surface area (Å²) in [5.74, 6) is 0.603. The number of fused-ring (bicyclic) bond motifs is 1. The summed E-state index contributed by atoms with van der Waals surface area (Å²) in [4.78, 5) is 2.31. The Morgan fingerprint density at radius 1 is 1.14 bits per heavy atom. The Morgan fingerprint density at radius 2 is 1.86 bits per heavy atom. The number of nitriles is 1. The van der Waals surface area contributed by atoms with Crippen molar-refractivity contribution in [1.82, 2.24) is 0 Å². The number of aliphatic hydroxyl groups is 1. The molecule has 0 aliphatic carbocycles. The zero-order chi connectivity index (χ0) is 26.7. The highest BCUT2D eigenvalue weighted by atomic mass is 32.2. The SMILES string of the molecule is CCCC1CC(C)CCN1c1ccc2cc(/C=C(\C#N)S(=O)(=O)CCCOCCOCCO)ccc2c1. The van der Waals surface area contributed by atoms with E-state index in [0.717, 1.165) is 23.2 Å². The number of hydrogen-bond acceptors (Lipinski definition) is 7. The van der Waals surface area contributed by atoms with Gasteiger partial charge in [0, 0.05) is 24.9 Å². The molecule has 1 heterocycles. The van der Waals surface area contributed by atoms with Crippen molar-refractivity contribution in [3.8, 4) is 6.07 Å². The van der Waals surface area contributed by atoms with Gasteiger partial charge in [0.2, 0.25) is 0 Å². The molecule has 0 bridgehead atoms. The van der Waals surface area contributed by atoms with E-state index in [9.17, 15) is 13.7 Å². The maximum Gasteiger partial charge on any atom is 0.188 e. The Morgan fingerprint density at radius 3 is 2.59 bits per heavy atom.